The van der Waals surface area contributed by atoms with E-state index in [1.54, 1.807) is 16.9 Å². The van der Waals surface area contributed by atoms with Gasteiger partial charge in [-0.3, -0.25) is 10.1 Å². The molecule has 18 heavy (non-hydrogen) atoms. The number of aromatic nitrogens is 2. The smallest absolute Gasteiger partial charge is 0.271 e. The highest BCUT2D eigenvalue weighted by Gasteiger charge is 2.11. The lowest BCUT2D eigenvalue weighted by Crippen LogP contribution is -2.02. The van der Waals surface area contributed by atoms with Gasteiger partial charge in [-0.25, -0.2) is 4.68 Å². The fourth-order valence-corrected chi connectivity index (χ4v) is 1.64. The summed E-state index contributed by atoms with van der Waals surface area (Å²) < 4.78 is 1.63. The summed E-state index contributed by atoms with van der Waals surface area (Å²) in [6.45, 7) is 4.09. The molecule has 0 amide bonds. The largest absolute Gasteiger partial charge is 0.397 e. The lowest BCUT2D eigenvalue weighted by atomic mass is 10.1. The lowest BCUT2D eigenvalue weighted by molar-refractivity contribution is -0.384. The number of hydrogen-bond acceptors (Lipinski definition) is 4. The molecule has 0 unspecified atom stereocenters. The molecule has 6 heteroatoms. The maximum atomic E-state index is 10.6. The second-order valence-corrected chi connectivity index (χ2v) is 4.34. The minimum atomic E-state index is -0.469. The summed E-state index contributed by atoms with van der Waals surface area (Å²) in [7, 11) is 0. The van der Waals surface area contributed by atoms with E-state index in [9.17, 15) is 10.1 Å². The molecule has 1 aromatic carbocycles. The molecule has 6 nitrogen and oxygen atoms in total. The molecular weight excluding hydrogens is 232 g/mol. The van der Waals surface area contributed by atoms with Crippen LogP contribution in [-0.2, 0) is 0 Å². The Hall–Kier alpha value is -2.37. The Morgan fingerprint density at radius 2 is 2.11 bits per heavy atom. The van der Waals surface area contributed by atoms with Crippen LogP contribution in [0, 0.1) is 10.1 Å². The molecule has 0 aliphatic carbocycles. The molecule has 2 aromatic rings. The van der Waals surface area contributed by atoms with Crippen LogP contribution >= 0.6 is 0 Å². The molecule has 0 aliphatic heterocycles. The molecule has 0 aliphatic rings. The first-order chi connectivity index (χ1) is 8.49. The highest BCUT2D eigenvalue weighted by molar-refractivity contribution is 5.62. The highest BCUT2D eigenvalue weighted by Crippen LogP contribution is 2.23. The van der Waals surface area contributed by atoms with Crippen LogP contribution in [0.25, 0.3) is 5.69 Å². The van der Waals surface area contributed by atoms with Gasteiger partial charge >= 0.3 is 0 Å². The summed E-state index contributed by atoms with van der Waals surface area (Å²) in [4.78, 5) is 10.2. The van der Waals surface area contributed by atoms with Crippen molar-refractivity contribution in [1.29, 1.82) is 0 Å². The molecule has 0 saturated heterocycles. The summed E-state index contributed by atoms with van der Waals surface area (Å²) in [5.74, 6) is 0.325. The molecular formula is C12H14N4O2. The van der Waals surface area contributed by atoms with E-state index in [4.69, 9.17) is 5.73 Å². The number of non-ortho nitro benzene ring substituents is 1. The standard InChI is InChI=1S/C12H14N4O2/c1-8(2)11-5-6-15(14-11)12-4-3-9(16(17)18)7-10(12)13/h3-8H,13H2,1-2H3. The van der Waals surface area contributed by atoms with Gasteiger partial charge < -0.3 is 5.73 Å². The Morgan fingerprint density at radius 3 is 2.61 bits per heavy atom. The molecule has 0 radical (unpaired) electrons. The normalized spacial score (nSPS) is 10.8. The molecule has 1 heterocycles. The number of nitrogens with two attached hydrogens (primary N) is 1. The second-order valence-electron chi connectivity index (χ2n) is 4.34. The fourth-order valence-electron chi connectivity index (χ4n) is 1.64. The lowest BCUT2D eigenvalue weighted by Gasteiger charge is -2.05. The molecule has 0 spiro atoms. The third kappa shape index (κ3) is 2.17. The second kappa shape index (κ2) is 4.48. The fraction of sp³-hybridized carbons (Fsp3) is 0.250. The van der Waals surface area contributed by atoms with E-state index in [1.807, 2.05) is 19.9 Å². The molecule has 0 saturated carbocycles. The molecule has 2 N–H and O–H groups in total. The van der Waals surface area contributed by atoms with Gasteiger partial charge in [-0.05, 0) is 18.1 Å². The van der Waals surface area contributed by atoms with Gasteiger partial charge in [0.2, 0.25) is 0 Å². The van der Waals surface area contributed by atoms with Crippen molar-refractivity contribution in [2.24, 2.45) is 0 Å². The van der Waals surface area contributed by atoms with Crippen molar-refractivity contribution in [3.63, 3.8) is 0 Å². The zero-order valence-corrected chi connectivity index (χ0v) is 10.2. The van der Waals surface area contributed by atoms with Crippen molar-refractivity contribution in [3.05, 3.63) is 46.3 Å². The quantitative estimate of drug-likeness (QED) is 0.512. The van der Waals surface area contributed by atoms with Crippen LogP contribution in [0.3, 0.4) is 0 Å². The van der Waals surface area contributed by atoms with E-state index in [0.29, 0.717) is 17.3 Å². The van der Waals surface area contributed by atoms with Crippen molar-refractivity contribution < 1.29 is 4.92 Å². The molecule has 0 bridgehead atoms. The Labute approximate surface area is 104 Å². The van der Waals surface area contributed by atoms with Crippen LogP contribution in [0.1, 0.15) is 25.5 Å². The van der Waals surface area contributed by atoms with Gasteiger partial charge in [0.1, 0.15) is 0 Å². The van der Waals surface area contributed by atoms with Gasteiger partial charge in [0.25, 0.3) is 5.69 Å². The predicted octanol–water partition coefficient (Wildman–Crippen LogP) is 2.49. The van der Waals surface area contributed by atoms with Gasteiger partial charge in [0.15, 0.2) is 0 Å². The topological polar surface area (TPSA) is 87.0 Å². The van der Waals surface area contributed by atoms with Crippen molar-refractivity contribution in [2.45, 2.75) is 19.8 Å². The minimum absolute atomic E-state index is 0.0208. The maximum absolute atomic E-state index is 10.6. The molecule has 0 atom stereocenters. The first-order valence-electron chi connectivity index (χ1n) is 5.59. The molecule has 2 rings (SSSR count). The summed E-state index contributed by atoms with van der Waals surface area (Å²) in [6.07, 6.45) is 1.80. The average Bonchev–Trinajstić information content (AvgIpc) is 2.78. The van der Waals surface area contributed by atoms with Crippen molar-refractivity contribution in [2.75, 3.05) is 5.73 Å². The van der Waals surface area contributed by atoms with E-state index in [-0.39, 0.29) is 5.69 Å². The van der Waals surface area contributed by atoms with Crippen LogP contribution < -0.4 is 5.73 Å². The van der Waals surface area contributed by atoms with Gasteiger partial charge in [0.05, 0.1) is 22.0 Å². The van der Waals surface area contributed by atoms with E-state index in [2.05, 4.69) is 5.10 Å². The zero-order chi connectivity index (χ0) is 13.3. The Morgan fingerprint density at radius 1 is 1.39 bits per heavy atom. The number of nitrogens with zero attached hydrogens (tertiary/aromatic N) is 3. The van der Waals surface area contributed by atoms with E-state index in [1.165, 1.54) is 12.1 Å². The Bertz CT molecular complexity index is 590. The van der Waals surface area contributed by atoms with Crippen LogP contribution in [0.2, 0.25) is 0 Å². The van der Waals surface area contributed by atoms with E-state index < -0.39 is 4.92 Å². The molecule has 0 fully saturated rings. The molecule has 1 aromatic heterocycles. The van der Waals surface area contributed by atoms with E-state index in [0.717, 1.165) is 5.69 Å². The van der Waals surface area contributed by atoms with E-state index >= 15 is 0 Å². The predicted molar refractivity (Wildman–Crippen MR) is 68.7 cm³/mol. The van der Waals surface area contributed by atoms with Gasteiger partial charge in [-0.2, -0.15) is 5.10 Å². The van der Waals surface area contributed by atoms with Crippen LogP contribution in [0.4, 0.5) is 11.4 Å². The Kier molecular flexibility index (Phi) is 3.01. The SMILES string of the molecule is CC(C)c1ccn(-c2ccc([N+](=O)[O-])cc2N)n1. The average molecular weight is 246 g/mol. The van der Waals surface area contributed by atoms with Crippen LogP contribution in [0.5, 0.6) is 0 Å². The third-order valence-corrected chi connectivity index (χ3v) is 2.67. The number of hydrogen-bond donors (Lipinski definition) is 1. The number of nitrogen functional groups attached to an aromatic ring is 1. The monoisotopic (exact) mass is 246 g/mol. The van der Waals surface area contributed by atoms with Crippen LogP contribution in [-0.4, -0.2) is 14.7 Å². The first-order valence-corrected chi connectivity index (χ1v) is 5.59. The number of anilines is 1. The first kappa shape index (κ1) is 12.1. The van der Waals surface area contributed by atoms with Crippen LogP contribution in [0.15, 0.2) is 30.5 Å². The summed E-state index contributed by atoms with van der Waals surface area (Å²) >= 11 is 0. The van der Waals surface area contributed by atoms with Gasteiger partial charge in [-0.15, -0.1) is 0 Å². The summed E-state index contributed by atoms with van der Waals surface area (Å²) in [5.41, 5.74) is 7.72. The number of nitro groups is 1. The number of rotatable bonds is 3. The third-order valence-electron chi connectivity index (χ3n) is 2.67. The zero-order valence-electron chi connectivity index (χ0n) is 10.2. The Balaban J connectivity index is 2.41. The highest BCUT2D eigenvalue weighted by atomic mass is 16.6. The van der Waals surface area contributed by atoms with Crippen molar-refractivity contribution >= 4 is 11.4 Å². The van der Waals surface area contributed by atoms with Gasteiger partial charge in [0, 0.05) is 18.3 Å². The van der Waals surface area contributed by atoms with Crippen molar-refractivity contribution in [3.8, 4) is 5.69 Å². The maximum Gasteiger partial charge on any atom is 0.271 e. The minimum Gasteiger partial charge on any atom is -0.397 e. The number of benzene rings is 1. The summed E-state index contributed by atoms with van der Waals surface area (Å²) in [5, 5.41) is 15.0. The van der Waals surface area contributed by atoms with Gasteiger partial charge in [-0.1, -0.05) is 13.8 Å². The number of nitro benzene ring substituents is 1. The van der Waals surface area contributed by atoms with Crippen molar-refractivity contribution in [1.82, 2.24) is 9.78 Å². The summed E-state index contributed by atoms with van der Waals surface area (Å²) in [6, 6.07) is 6.27. The molecule has 94 valence electrons.